The number of benzene rings is 2. The number of para-hydroxylation sites is 1. The van der Waals surface area contributed by atoms with E-state index >= 15 is 0 Å². The molecule has 2 saturated heterocycles. The van der Waals surface area contributed by atoms with Crippen molar-refractivity contribution in [1.29, 1.82) is 0 Å². The van der Waals surface area contributed by atoms with Gasteiger partial charge >= 0.3 is 0 Å². The molecule has 2 aromatic heterocycles. The normalized spacial score (nSPS) is 19.1. The molecule has 216 valence electrons. The van der Waals surface area contributed by atoms with Crippen molar-refractivity contribution in [1.82, 2.24) is 19.2 Å². The summed E-state index contributed by atoms with van der Waals surface area (Å²) < 4.78 is 13.4. The first kappa shape index (κ1) is 27.7. The number of hydrogen-bond acceptors (Lipinski definition) is 7. The average molecular weight is 567 g/mol. The zero-order valence-electron chi connectivity index (χ0n) is 23.8. The molecule has 2 fully saturated rings. The molecule has 0 bridgehead atoms. The highest BCUT2D eigenvalue weighted by Gasteiger charge is 2.46. The number of ether oxygens (including phenoxy) is 2. The number of aromatic nitrogens is 2. The van der Waals surface area contributed by atoms with Gasteiger partial charge in [-0.1, -0.05) is 36.4 Å². The minimum absolute atomic E-state index is 0.0346. The van der Waals surface area contributed by atoms with Crippen LogP contribution in [0.15, 0.2) is 78.5 Å². The lowest BCUT2D eigenvalue weighted by Crippen LogP contribution is -2.38. The Kier molecular flexibility index (Phi) is 7.78. The van der Waals surface area contributed by atoms with Crippen LogP contribution in [0.3, 0.4) is 0 Å². The van der Waals surface area contributed by atoms with Gasteiger partial charge in [-0.15, -0.1) is 0 Å². The van der Waals surface area contributed by atoms with Crippen LogP contribution in [-0.4, -0.2) is 75.4 Å². The molecule has 1 atom stereocenters. The molecule has 42 heavy (non-hydrogen) atoms. The second-order valence-electron chi connectivity index (χ2n) is 10.7. The Morgan fingerprint density at radius 1 is 0.976 bits per heavy atom. The lowest BCUT2D eigenvalue weighted by atomic mass is 9.96. The number of aryl methyl sites for hydroxylation is 2. The highest BCUT2D eigenvalue weighted by Crippen LogP contribution is 2.41. The Bertz CT molecular complexity index is 1660. The zero-order chi connectivity index (χ0) is 29.2. The number of aliphatic hydroxyl groups excluding tert-OH is 1. The summed E-state index contributed by atoms with van der Waals surface area (Å²) in [7, 11) is 0. The molecular formula is C33H34N4O5. The lowest BCUT2D eigenvalue weighted by Gasteiger charge is -2.29. The van der Waals surface area contributed by atoms with Crippen LogP contribution in [-0.2, 0) is 14.3 Å². The summed E-state index contributed by atoms with van der Waals surface area (Å²) in [6.45, 7) is 7.99. The van der Waals surface area contributed by atoms with Crippen molar-refractivity contribution in [2.45, 2.75) is 26.3 Å². The quantitative estimate of drug-likeness (QED) is 0.184. The number of likely N-dealkylation sites (tertiary alicyclic amines) is 1. The van der Waals surface area contributed by atoms with Gasteiger partial charge in [-0.3, -0.25) is 14.5 Å². The summed E-state index contributed by atoms with van der Waals surface area (Å²) in [6.07, 6.45) is 2.55. The van der Waals surface area contributed by atoms with Gasteiger partial charge < -0.3 is 23.9 Å². The fourth-order valence-electron chi connectivity index (χ4n) is 5.79. The smallest absolute Gasteiger partial charge is 0.295 e. The van der Waals surface area contributed by atoms with Gasteiger partial charge in [0, 0.05) is 32.4 Å². The Morgan fingerprint density at radius 3 is 2.50 bits per heavy atom. The van der Waals surface area contributed by atoms with E-state index in [9.17, 15) is 14.7 Å². The van der Waals surface area contributed by atoms with E-state index in [1.807, 2.05) is 91.2 Å². The number of carbonyl (C=O) groups excluding carboxylic acids is 2. The number of morpholine rings is 1. The molecule has 4 heterocycles. The third-order valence-corrected chi connectivity index (χ3v) is 7.98. The number of imidazole rings is 1. The van der Waals surface area contributed by atoms with Crippen molar-refractivity contribution in [2.24, 2.45) is 0 Å². The number of aliphatic hydroxyl groups is 1. The average Bonchev–Trinajstić information content (AvgIpc) is 3.48. The van der Waals surface area contributed by atoms with Crippen LogP contribution in [0.25, 0.3) is 11.4 Å². The second kappa shape index (κ2) is 11.8. The molecule has 6 rings (SSSR count). The number of pyridine rings is 1. The molecular weight excluding hydrogens is 532 g/mol. The number of amides is 1. The fraction of sp³-hybridized carbons (Fsp3) is 0.303. The topological polar surface area (TPSA) is 96.6 Å². The third-order valence-electron chi connectivity index (χ3n) is 7.98. The molecule has 0 radical (unpaired) electrons. The largest absolute Gasteiger partial charge is 0.505 e. The molecule has 2 aromatic carbocycles. The summed E-state index contributed by atoms with van der Waals surface area (Å²) in [6, 6.07) is 19.8. The maximum Gasteiger partial charge on any atom is 0.295 e. The maximum absolute atomic E-state index is 13.6. The Morgan fingerprint density at radius 2 is 1.74 bits per heavy atom. The van der Waals surface area contributed by atoms with Crippen molar-refractivity contribution in [3.05, 3.63) is 101 Å². The summed E-state index contributed by atoms with van der Waals surface area (Å²) in [5.74, 6) is -0.381. The van der Waals surface area contributed by atoms with Gasteiger partial charge in [0.2, 0.25) is 0 Å². The molecule has 9 heteroatoms. The number of Topliss-reactive ketones (excluding diaryl/α,β-unsaturated/α-hetero) is 1. The molecule has 2 aliphatic rings. The van der Waals surface area contributed by atoms with E-state index in [1.54, 1.807) is 4.90 Å². The van der Waals surface area contributed by atoms with Crippen LogP contribution in [0.2, 0.25) is 0 Å². The van der Waals surface area contributed by atoms with Crippen molar-refractivity contribution >= 4 is 23.1 Å². The number of rotatable bonds is 8. The van der Waals surface area contributed by atoms with Crippen molar-refractivity contribution in [3.8, 4) is 11.5 Å². The highest BCUT2D eigenvalue weighted by molar-refractivity contribution is 6.46. The standard InChI is InChI=1S/C33H34N4O5/c1-22-9-7-15-36-23(2)28(34-32(22)36)30(38)27-29(24-10-6-13-26(21-24)42-25-11-4-3-5-12-25)37(33(40)31(27)39)16-8-14-35-17-19-41-20-18-35/h3-7,9-13,15,21,29,38H,8,14,16-20H2,1-2H3. The predicted molar refractivity (Wildman–Crippen MR) is 159 cm³/mol. The van der Waals surface area contributed by atoms with E-state index in [-0.39, 0.29) is 17.0 Å². The van der Waals surface area contributed by atoms with Crippen LogP contribution < -0.4 is 4.74 Å². The van der Waals surface area contributed by atoms with Crippen LogP contribution in [0.5, 0.6) is 11.5 Å². The minimum atomic E-state index is -0.792. The summed E-state index contributed by atoms with van der Waals surface area (Å²) in [5, 5.41) is 11.7. The minimum Gasteiger partial charge on any atom is -0.505 e. The molecule has 1 unspecified atom stereocenters. The van der Waals surface area contributed by atoms with Gasteiger partial charge in [0.05, 0.1) is 30.5 Å². The predicted octanol–water partition coefficient (Wildman–Crippen LogP) is 4.89. The van der Waals surface area contributed by atoms with Gasteiger partial charge in [-0.25, -0.2) is 4.98 Å². The van der Waals surface area contributed by atoms with E-state index in [1.165, 1.54) is 0 Å². The second-order valence-corrected chi connectivity index (χ2v) is 10.7. The van der Waals surface area contributed by atoms with Gasteiger partial charge in [0.25, 0.3) is 11.7 Å². The van der Waals surface area contributed by atoms with Gasteiger partial charge in [0.15, 0.2) is 5.76 Å². The number of nitrogens with zero attached hydrogens (tertiary/aromatic N) is 4. The molecule has 0 saturated carbocycles. The van der Waals surface area contributed by atoms with Gasteiger partial charge in [0.1, 0.15) is 22.8 Å². The zero-order valence-corrected chi connectivity index (χ0v) is 23.8. The first-order valence-corrected chi connectivity index (χ1v) is 14.3. The van der Waals surface area contributed by atoms with Crippen LogP contribution in [0.4, 0.5) is 0 Å². The van der Waals surface area contributed by atoms with Gasteiger partial charge in [-0.05, 0) is 61.7 Å². The van der Waals surface area contributed by atoms with Crippen LogP contribution in [0, 0.1) is 13.8 Å². The van der Waals surface area contributed by atoms with Gasteiger partial charge in [-0.2, -0.15) is 0 Å². The number of carbonyl (C=O) groups is 2. The molecule has 9 nitrogen and oxygen atoms in total. The first-order chi connectivity index (χ1) is 20.4. The van der Waals surface area contributed by atoms with Crippen LogP contribution >= 0.6 is 0 Å². The Hall–Kier alpha value is -4.47. The monoisotopic (exact) mass is 566 g/mol. The summed E-state index contributed by atoms with van der Waals surface area (Å²) in [4.78, 5) is 35.8. The third kappa shape index (κ3) is 5.29. The van der Waals surface area contributed by atoms with E-state index < -0.39 is 17.7 Å². The fourth-order valence-corrected chi connectivity index (χ4v) is 5.79. The van der Waals surface area contributed by atoms with Crippen molar-refractivity contribution < 1.29 is 24.2 Å². The van der Waals surface area contributed by atoms with Crippen molar-refractivity contribution in [2.75, 3.05) is 39.4 Å². The molecule has 0 spiro atoms. The Balaban J connectivity index is 1.40. The highest BCUT2D eigenvalue weighted by atomic mass is 16.5. The SMILES string of the molecule is Cc1cccn2c(C)c(C(O)=C3C(=O)C(=O)N(CCCN4CCOCC4)C3c3cccc(Oc4ccccc4)c3)nc12. The number of fused-ring (bicyclic) bond motifs is 1. The first-order valence-electron chi connectivity index (χ1n) is 14.3. The summed E-state index contributed by atoms with van der Waals surface area (Å²) in [5.41, 5.74) is 3.30. The molecule has 2 aliphatic heterocycles. The van der Waals surface area contributed by atoms with E-state index in [2.05, 4.69) is 4.90 Å². The van der Waals surface area contributed by atoms with E-state index in [4.69, 9.17) is 14.5 Å². The van der Waals surface area contributed by atoms with E-state index in [0.29, 0.717) is 54.6 Å². The molecule has 0 aliphatic carbocycles. The lowest BCUT2D eigenvalue weighted by molar-refractivity contribution is -0.140. The molecule has 4 aromatic rings. The van der Waals surface area contributed by atoms with Crippen molar-refractivity contribution in [3.63, 3.8) is 0 Å². The molecule has 1 amide bonds. The maximum atomic E-state index is 13.6. The number of ketones is 1. The molecule has 1 N–H and O–H groups in total. The van der Waals surface area contributed by atoms with E-state index in [0.717, 1.165) is 25.2 Å². The number of hydrogen-bond donors (Lipinski definition) is 1. The van der Waals surface area contributed by atoms with Crippen LogP contribution in [0.1, 0.15) is 35.0 Å². The summed E-state index contributed by atoms with van der Waals surface area (Å²) >= 11 is 0. The Labute approximate surface area is 244 Å².